The van der Waals surface area contributed by atoms with E-state index in [1.165, 1.54) is 5.57 Å². The van der Waals surface area contributed by atoms with Crippen LogP contribution in [0.5, 0.6) is 0 Å². The van der Waals surface area contributed by atoms with Crippen LogP contribution in [-0.4, -0.2) is 17.0 Å². The van der Waals surface area contributed by atoms with Gasteiger partial charge in [-0.3, -0.25) is 4.79 Å². The first kappa shape index (κ1) is 15.7. The van der Waals surface area contributed by atoms with Gasteiger partial charge in [0.15, 0.2) is 5.78 Å². The van der Waals surface area contributed by atoms with Gasteiger partial charge in [-0.1, -0.05) is 40.6 Å². The van der Waals surface area contributed by atoms with E-state index in [1.54, 1.807) is 0 Å². The summed E-state index contributed by atoms with van der Waals surface area (Å²) in [6, 6.07) is 7.95. The van der Waals surface area contributed by atoms with E-state index in [4.69, 9.17) is 0 Å². The molecule has 0 aliphatic heterocycles. The lowest BCUT2D eigenvalue weighted by Gasteiger charge is -2.45. The minimum absolute atomic E-state index is 0.140. The number of fused-ring (bicyclic) bond motifs is 1. The highest BCUT2D eigenvalue weighted by molar-refractivity contribution is 9.10. The lowest BCUT2D eigenvalue weighted by atomic mass is 9.61. The van der Waals surface area contributed by atoms with Crippen molar-refractivity contribution in [3.05, 3.63) is 51.0 Å². The highest BCUT2D eigenvalue weighted by atomic mass is 79.9. The molecule has 1 aromatic carbocycles. The van der Waals surface area contributed by atoms with Crippen LogP contribution in [0.15, 0.2) is 45.5 Å². The number of aliphatic hydroxyl groups is 1. The first-order valence-corrected chi connectivity index (χ1v) is 8.60. The number of carbonyl (C=O) groups is 1. The Morgan fingerprint density at radius 3 is 2.91 bits per heavy atom. The van der Waals surface area contributed by atoms with Crippen LogP contribution in [0.25, 0.3) is 6.08 Å². The molecule has 0 saturated heterocycles. The van der Waals surface area contributed by atoms with Gasteiger partial charge < -0.3 is 5.11 Å². The third kappa shape index (κ3) is 2.61. The van der Waals surface area contributed by atoms with Crippen molar-refractivity contribution in [3.8, 4) is 0 Å². The summed E-state index contributed by atoms with van der Waals surface area (Å²) >= 11 is 3.47. The molecular weight excluding hydrogens is 340 g/mol. The van der Waals surface area contributed by atoms with E-state index in [0.717, 1.165) is 40.4 Å². The number of hydrogen-bond donors (Lipinski definition) is 1. The molecule has 1 aromatic rings. The van der Waals surface area contributed by atoms with Gasteiger partial charge in [-0.25, -0.2) is 0 Å². The average molecular weight is 361 g/mol. The van der Waals surface area contributed by atoms with Gasteiger partial charge in [0.25, 0.3) is 0 Å². The summed E-state index contributed by atoms with van der Waals surface area (Å²) in [5.41, 5.74) is 3.55. The van der Waals surface area contributed by atoms with Crippen molar-refractivity contribution < 1.29 is 9.90 Å². The third-order valence-electron chi connectivity index (χ3n) is 5.16. The average Bonchev–Trinajstić information content (AvgIpc) is 2.47. The van der Waals surface area contributed by atoms with E-state index < -0.39 is 0 Å². The predicted molar refractivity (Wildman–Crippen MR) is 92.4 cm³/mol. The zero-order chi connectivity index (χ0) is 15.9. The first-order valence-electron chi connectivity index (χ1n) is 7.81. The van der Waals surface area contributed by atoms with Crippen LogP contribution in [0, 0.1) is 5.41 Å². The fourth-order valence-electron chi connectivity index (χ4n) is 3.89. The van der Waals surface area contributed by atoms with Gasteiger partial charge in [0.2, 0.25) is 0 Å². The number of aliphatic hydroxyl groups excluding tert-OH is 1. The number of rotatable bonds is 1. The smallest absolute Gasteiger partial charge is 0.184 e. The Balaban J connectivity index is 2.05. The molecule has 3 heteroatoms. The van der Waals surface area contributed by atoms with Crippen molar-refractivity contribution in [1.82, 2.24) is 0 Å². The third-order valence-corrected chi connectivity index (χ3v) is 5.65. The minimum atomic E-state index is -0.356. The van der Waals surface area contributed by atoms with Crippen LogP contribution in [0.3, 0.4) is 0 Å². The van der Waals surface area contributed by atoms with Gasteiger partial charge in [0, 0.05) is 15.5 Å². The molecule has 0 spiro atoms. The van der Waals surface area contributed by atoms with Crippen LogP contribution in [0.1, 0.15) is 45.1 Å². The molecule has 1 fully saturated rings. The van der Waals surface area contributed by atoms with Crippen LogP contribution < -0.4 is 0 Å². The standard InChI is InChI=1S/C19H21BrO2/c1-12-16-7-4-8-17(21)19(16,2)11-14(18(12)22)9-13-5-3-6-15(20)10-13/h3,5-6,9-10,17,21H,4,7-8,11H2,1-2H3/b14-9+/t17-,19-/m0/s1. The Kier molecular flexibility index (Phi) is 4.13. The van der Waals surface area contributed by atoms with Gasteiger partial charge in [-0.2, -0.15) is 0 Å². The van der Waals surface area contributed by atoms with E-state index in [1.807, 2.05) is 37.3 Å². The van der Waals surface area contributed by atoms with Gasteiger partial charge in [0.1, 0.15) is 0 Å². The molecule has 2 atom stereocenters. The highest BCUT2D eigenvalue weighted by Crippen LogP contribution is 2.50. The predicted octanol–water partition coefficient (Wildman–Crippen LogP) is 4.67. The molecule has 0 unspecified atom stereocenters. The number of carbonyl (C=O) groups excluding carboxylic acids is 1. The van der Waals surface area contributed by atoms with Crippen molar-refractivity contribution in [3.63, 3.8) is 0 Å². The quantitative estimate of drug-likeness (QED) is 0.738. The van der Waals surface area contributed by atoms with E-state index in [9.17, 15) is 9.90 Å². The second-order valence-corrected chi connectivity index (χ2v) is 7.58. The molecule has 2 nitrogen and oxygen atoms in total. The van der Waals surface area contributed by atoms with E-state index in [0.29, 0.717) is 6.42 Å². The molecule has 2 aliphatic carbocycles. The zero-order valence-electron chi connectivity index (χ0n) is 13.0. The Bertz CT molecular complexity index is 686. The first-order chi connectivity index (χ1) is 10.4. The molecule has 0 aromatic heterocycles. The maximum absolute atomic E-state index is 12.7. The lowest BCUT2D eigenvalue weighted by Crippen LogP contribution is -2.42. The molecule has 2 aliphatic rings. The summed E-state index contributed by atoms with van der Waals surface area (Å²) in [5, 5.41) is 10.5. The summed E-state index contributed by atoms with van der Waals surface area (Å²) in [4.78, 5) is 12.7. The molecule has 22 heavy (non-hydrogen) atoms. The van der Waals surface area contributed by atoms with E-state index in [2.05, 4.69) is 22.9 Å². The molecule has 0 radical (unpaired) electrons. The maximum atomic E-state index is 12.7. The van der Waals surface area contributed by atoms with E-state index >= 15 is 0 Å². The topological polar surface area (TPSA) is 37.3 Å². The van der Waals surface area contributed by atoms with Crippen LogP contribution in [0.2, 0.25) is 0 Å². The Morgan fingerprint density at radius 2 is 2.18 bits per heavy atom. The number of hydrogen-bond acceptors (Lipinski definition) is 2. The summed E-state index contributed by atoms with van der Waals surface area (Å²) < 4.78 is 1.00. The number of allylic oxidation sites excluding steroid dienone is 2. The lowest BCUT2D eigenvalue weighted by molar-refractivity contribution is -0.113. The van der Waals surface area contributed by atoms with Gasteiger partial charge in [0.05, 0.1) is 6.10 Å². The minimum Gasteiger partial charge on any atom is -0.392 e. The fourth-order valence-corrected chi connectivity index (χ4v) is 4.30. The summed E-state index contributed by atoms with van der Waals surface area (Å²) in [6.45, 7) is 4.03. The van der Waals surface area contributed by atoms with Gasteiger partial charge in [-0.05, 0) is 62.0 Å². The number of ketones is 1. The van der Waals surface area contributed by atoms with Gasteiger partial charge in [-0.15, -0.1) is 0 Å². The Hall–Kier alpha value is -1.19. The van der Waals surface area contributed by atoms with Crippen LogP contribution in [0.4, 0.5) is 0 Å². The van der Waals surface area contributed by atoms with Crippen molar-refractivity contribution in [1.29, 1.82) is 0 Å². The summed E-state index contributed by atoms with van der Waals surface area (Å²) in [6.07, 6.45) is 4.99. The molecule has 1 N–H and O–H groups in total. The Labute approximate surface area is 140 Å². The number of halogens is 1. The normalized spacial score (nSPS) is 30.6. The van der Waals surface area contributed by atoms with Crippen molar-refractivity contribution >= 4 is 27.8 Å². The Morgan fingerprint density at radius 1 is 1.41 bits per heavy atom. The maximum Gasteiger partial charge on any atom is 0.184 e. The fraction of sp³-hybridized carbons (Fsp3) is 0.421. The summed E-state index contributed by atoms with van der Waals surface area (Å²) in [5.74, 6) is 0.140. The number of Topliss-reactive ketones (excluding diaryl/α,β-unsaturated/α-hetero) is 1. The number of benzene rings is 1. The SMILES string of the molecule is CC1=C2CCC[C@H](O)[C@@]2(C)C/C(=C\c2cccc(Br)c2)C1=O. The molecule has 0 amide bonds. The van der Waals surface area contributed by atoms with Crippen LogP contribution in [-0.2, 0) is 4.79 Å². The van der Waals surface area contributed by atoms with E-state index in [-0.39, 0.29) is 17.3 Å². The van der Waals surface area contributed by atoms with Crippen molar-refractivity contribution in [2.24, 2.45) is 5.41 Å². The monoisotopic (exact) mass is 360 g/mol. The zero-order valence-corrected chi connectivity index (χ0v) is 14.6. The molecule has 0 bridgehead atoms. The van der Waals surface area contributed by atoms with Crippen molar-refractivity contribution in [2.75, 3.05) is 0 Å². The van der Waals surface area contributed by atoms with Crippen LogP contribution >= 0.6 is 15.9 Å². The largest absolute Gasteiger partial charge is 0.392 e. The molecular formula is C19H21BrO2. The second-order valence-electron chi connectivity index (χ2n) is 6.66. The molecule has 3 rings (SSSR count). The molecule has 0 heterocycles. The van der Waals surface area contributed by atoms with Gasteiger partial charge >= 0.3 is 0 Å². The second kappa shape index (κ2) is 5.78. The highest BCUT2D eigenvalue weighted by Gasteiger charge is 2.45. The molecule has 116 valence electrons. The van der Waals surface area contributed by atoms with Crippen molar-refractivity contribution in [2.45, 2.75) is 45.6 Å². The summed E-state index contributed by atoms with van der Waals surface area (Å²) in [7, 11) is 0. The molecule has 1 saturated carbocycles.